The number of alkyl carbamates (subject to hydrolysis) is 1. The maximum Gasteiger partial charge on any atom is 0.413 e. The fraction of sp³-hybridized carbons (Fsp3) is 0.200. The van der Waals surface area contributed by atoms with Gasteiger partial charge in [-0.25, -0.2) is 4.79 Å². The second-order valence-corrected chi connectivity index (χ2v) is 4.28. The predicted molar refractivity (Wildman–Crippen MR) is 75.5 cm³/mol. The van der Waals surface area contributed by atoms with Crippen LogP contribution in [0, 0.1) is 0 Å². The molecular formula is C15H16N2O4. The number of carbonyl (C=O) groups is 2. The highest BCUT2D eigenvalue weighted by Gasteiger charge is 2.18. The van der Waals surface area contributed by atoms with Crippen molar-refractivity contribution >= 4 is 12.0 Å². The average molecular weight is 288 g/mol. The highest BCUT2D eigenvalue weighted by molar-refractivity contribution is 5.92. The third kappa shape index (κ3) is 4.19. The van der Waals surface area contributed by atoms with E-state index in [-0.39, 0.29) is 12.6 Å². The first-order valence-electron chi connectivity index (χ1n) is 6.40. The van der Waals surface area contributed by atoms with E-state index in [1.807, 2.05) is 36.4 Å². The van der Waals surface area contributed by atoms with Gasteiger partial charge in [0, 0.05) is 0 Å². The van der Waals surface area contributed by atoms with Crippen LogP contribution in [0.25, 0.3) is 0 Å². The number of imide groups is 1. The molecule has 21 heavy (non-hydrogen) atoms. The summed E-state index contributed by atoms with van der Waals surface area (Å²) >= 11 is 0. The summed E-state index contributed by atoms with van der Waals surface area (Å²) in [6.07, 6.45) is 0.789. The van der Waals surface area contributed by atoms with Crippen molar-refractivity contribution in [1.82, 2.24) is 10.6 Å². The molecule has 1 aromatic heterocycles. The molecule has 6 nitrogen and oxygen atoms in total. The molecule has 1 atom stereocenters. The van der Waals surface area contributed by atoms with Crippen molar-refractivity contribution in [2.45, 2.75) is 6.04 Å². The number of methoxy groups -OCH3 is 1. The summed E-state index contributed by atoms with van der Waals surface area (Å²) in [5.41, 5.74) is 0.957. The number of amides is 2. The van der Waals surface area contributed by atoms with Crippen LogP contribution in [0.4, 0.5) is 4.79 Å². The highest BCUT2D eigenvalue weighted by atomic mass is 16.5. The molecule has 1 aromatic carbocycles. The molecule has 0 saturated heterocycles. The lowest BCUT2D eigenvalue weighted by Gasteiger charge is -2.16. The Balaban J connectivity index is 2.04. The maximum atomic E-state index is 11.6. The zero-order valence-corrected chi connectivity index (χ0v) is 11.5. The minimum absolute atomic E-state index is 0.0463. The Morgan fingerprint density at radius 1 is 1.19 bits per heavy atom. The van der Waals surface area contributed by atoms with E-state index >= 15 is 0 Å². The number of rotatable bonds is 5. The van der Waals surface area contributed by atoms with Gasteiger partial charge in [0.1, 0.15) is 5.76 Å². The van der Waals surface area contributed by atoms with Crippen LogP contribution >= 0.6 is 0 Å². The lowest BCUT2D eigenvalue weighted by Crippen LogP contribution is -2.39. The van der Waals surface area contributed by atoms with E-state index in [0.717, 1.165) is 5.56 Å². The van der Waals surface area contributed by atoms with Crippen LogP contribution in [0.2, 0.25) is 0 Å². The Morgan fingerprint density at radius 3 is 2.57 bits per heavy atom. The Morgan fingerprint density at radius 2 is 1.95 bits per heavy atom. The number of furan rings is 1. The van der Waals surface area contributed by atoms with Gasteiger partial charge in [-0.1, -0.05) is 30.3 Å². The fourth-order valence-corrected chi connectivity index (χ4v) is 1.89. The maximum absolute atomic E-state index is 11.6. The van der Waals surface area contributed by atoms with Gasteiger partial charge in [0.15, 0.2) is 0 Å². The van der Waals surface area contributed by atoms with E-state index in [1.54, 1.807) is 12.3 Å². The van der Waals surface area contributed by atoms with E-state index in [2.05, 4.69) is 15.4 Å². The van der Waals surface area contributed by atoms with Crippen molar-refractivity contribution in [3.63, 3.8) is 0 Å². The van der Waals surface area contributed by atoms with E-state index < -0.39 is 12.0 Å². The van der Waals surface area contributed by atoms with Gasteiger partial charge < -0.3 is 9.15 Å². The number of hydrogen-bond donors (Lipinski definition) is 2. The van der Waals surface area contributed by atoms with E-state index in [9.17, 15) is 9.59 Å². The summed E-state index contributed by atoms with van der Waals surface area (Å²) in [6.45, 7) is -0.0463. The molecule has 2 aromatic rings. The molecule has 6 heteroatoms. The number of carbonyl (C=O) groups excluding carboxylic acids is 2. The monoisotopic (exact) mass is 288 g/mol. The predicted octanol–water partition coefficient (Wildman–Crippen LogP) is 1.84. The zero-order valence-electron chi connectivity index (χ0n) is 11.5. The van der Waals surface area contributed by atoms with E-state index in [4.69, 9.17) is 4.42 Å². The largest absolute Gasteiger partial charge is 0.467 e. The Bertz CT molecular complexity index is 581. The summed E-state index contributed by atoms with van der Waals surface area (Å²) in [7, 11) is 1.20. The normalized spacial score (nSPS) is 11.7. The van der Waals surface area contributed by atoms with Gasteiger partial charge in [-0.3, -0.25) is 15.4 Å². The molecule has 0 fully saturated rings. The van der Waals surface area contributed by atoms with Gasteiger partial charge in [-0.15, -0.1) is 0 Å². The molecule has 110 valence electrons. The van der Waals surface area contributed by atoms with Crippen molar-refractivity contribution in [3.8, 4) is 0 Å². The standard InChI is InChI=1S/C15H16N2O4/c1-20-15(19)17-13(18)10-16-14(12-8-5-9-21-12)11-6-3-2-4-7-11/h2-9,14,16H,10H2,1H3,(H,17,18,19)/t14-/m0/s1. The number of hydrogen-bond acceptors (Lipinski definition) is 5. The van der Waals surface area contributed by atoms with E-state index in [1.165, 1.54) is 7.11 Å². The van der Waals surface area contributed by atoms with Crippen molar-refractivity contribution in [3.05, 3.63) is 60.1 Å². The van der Waals surface area contributed by atoms with Gasteiger partial charge >= 0.3 is 6.09 Å². The summed E-state index contributed by atoms with van der Waals surface area (Å²) in [5.74, 6) is 0.210. The average Bonchev–Trinajstić information content (AvgIpc) is 3.02. The lowest BCUT2D eigenvalue weighted by molar-refractivity contribution is -0.119. The molecule has 2 rings (SSSR count). The fourth-order valence-electron chi connectivity index (χ4n) is 1.89. The van der Waals surface area contributed by atoms with Crippen molar-refractivity contribution in [1.29, 1.82) is 0 Å². The first kappa shape index (κ1) is 14.8. The van der Waals surface area contributed by atoms with Crippen LogP contribution in [0.1, 0.15) is 17.4 Å². The molecular weight excluding hydrogens is 272 g/mol. The summed E-state index contributed by atoms with van der Waals surface area (Å²) < 4.78 is 9.77. The molecule has 0 saturated carbocycles. The molecule has 0 unspecified atom stereocenters. The number of nitrogens with one attached hydrogen (secondary N) is 2. The molecule has 2 N–H and O–H groups in total. The van der Waals surface area contributed by atoms with Gasteiger partial charge in [0.2, 0.25) is 5.91 Å². The number of benzene rings is 1. The summed E-state index contributed by atoms with van der Waals surface area (Å²) in [6, 6.07) is 12.9. The van der Waals surface area contributed by atoms with E-state index in [0.29, 0.717) is 5.76 Å². The second-order valence-electron chi connectivity index (χ2n) is 4.28. The molecule has 1 heterocycles. The zero-order chi connectivity index (χ0) is 15.1. The molecule has 0 spiro atoms. The third-order valence-corrected chi connectivity index (χ3v) is 2.85. The Kier molecular flexibility index (Phi) is 5.11. The Hall–Kier alpha value is -2.60. The highest BCUT2D eigenvalue weighted by Crippen LogP contribution is 2.21. The van der Waals surface area contributed by atoms with Gasteiger partial charge in [0.25, 0.3) is 0 Å². The quantitative estimate of drug-likeness (QED) is 0.877. The molecule has 0 aliphatic rings. The van der Waals surface area contributed by atoms with Crippen molar-refractivity contribution < 1.29 is 18.7 Å². The van der Waals surface area contributed by atoms with Crippen molar-refractivity contribution in [2.24, 2.45) is 0 Å². The number of ether oxygens (including phenoxy) is 1. The van der Waals surface area contributed by atoms with Crippen LogP contribution in [0.5, 0.6) is 0 Å². The van der Waals surface area contributed by atoms with Gasteiger partial charge in [-0.2, -0.15) is 0 Å². The molecule has 0 aliphatic heterocycles. The minimum atomic E-state index is -0.781. The van der Waals surface area contributed by atoms with Crippen LogP contribution in [0.3, 0.4) is 0 Å². The SMILES string of the molecule is COC(=O)NC(=O)CN[C@@H](c1ccccc1)c1ccco1. The second kappa shape index (κ2) is 7.25. The minimum Gasteiger partial charge on any atom is -0.467 e. The summed E-state index contributed by atoms with van der Waals surface area (Å²) in [4.78, 5) is 22.6. The van der Waals surface area contributed by atoms with Crippen LogP contribution in [0.15, 0.2) is 53.1 Å². The van der Waals surface area contributed by atoms with Crippen LogP contribution in [-0.2, 0) is 9.53 Å². The van der Waals surface area contributed by atoms with Crippen molar-refractivity contribution in [2.75, 3.05) is 13.7 Å². The third-order valence-electron chi connectivity index (χ3n) is 2.85. The van der Waals surface area contributed by atoms with Crippen LogP contribution in [-0.4, -0.2) is 25.7 Å². The molecule has 2 amide bonds. The molecule has 0 aliphatic carbocycles. The summed E-state index contributed by atoms with van der Waals surface area (Å²) in [5, 5.41) is 5.14. The lowest BCUT2D eigenvalue weighted by atomic mass is 10.0. The smallest absolute Gasteiger partial charge is 0.413 e. The first-order chi connectivity index (χ1) is 10.2. The molecule has 0 radical (unpaired) electrons. The first-order valence-corrected chi connectivity index (χ1v) is 6.40. The molecule has 0 bridgehead atoms. The van der Waals surface area contributed by atoms with Gasteiger partial charge in [0.05, 0.1) is 26.0 Å². The Labute approximate surface area is 122 Å². The van der Waals surface area contributed by atoms with Crippen LogP contribution < -0.4 is 10.6 Å². The van der Waals surface area contributed by atoms with Gasteiger partial charge in [-0.05, 0) is 17.7 Å². The topological polar surface area (TPSA) is 80.6 Å².